The van der Waals surface area contributed by atoms with E-state index in [-0.39, 0.29) is 11.9 Å². The van der Waals surface area contributed by atoms with Crippen LogP contribution in [0.3, 0.4) is 0 Å². The van der Waals surface area contributed by atoms with Crippen LogP contribution in [0.5, 0.6) is 0 Å². The number of nitrogens with one attached hydrogen (secondary N) is 2. The molecular formula is C11H13N5O. The number of hydrogen-bond donors (Lipinski definition) is 2. The van der Waals surface area contributed by atoms with Crippen LogP contribution in [-0.2, 0) is 4.79 Å². The van der Waals surface area contributed by atoms with Crippen LogP contribution in [0, 0.1) is 0 Å². The average Bonchev–Trinajstić information content (AvgIpc) is 2.74. The second-order valence-corrected chi connectivity index (χ2v) is 4.07. The lowest BCUT2D eigenvalue weighted by Gasteiger charge is -2.21. The molecule has 1 fully saturated rings. The van der Waals surface area contributed by atoms with Crippen molar-refractivity contribution in [3.8, 4) is 0 Å². The molecule has 6 nitrogen and oxygen atoms in total. The second kappa shape index (κ2) is 4.04. The van der Waals surface area contributed by atoms with Crippen LogP contribution in [0.1, 0.15) is 12.8 Å². The van der Waals surface area contributed by atoms with Gasteiger partial charge < -0.3 is 10.6 Å². The normalized spacial score (nSPS) is 20.2. The molecule has 1 aliphatic heterocycles. The van der Waals surface area contributed by atoms with Crippen LogP contribution in [0.4, 0.5) is 5.95 Å². The van der Waals surface area contributed by atoms with Crippen LogP contribution in [-0.4, -0.2) is 33.1 Å². The van der Waals surface area contributed by atoms with Crippen molar-refractivity contribution < 1.29 is 4.79 Å². The minimum atomic E-state index is -0.221. The third kappa shape index (κ3) is 1.93. The standard InChI is InChI=1S/C11H13N5O/c17-10-8(4-3-6-12-10)13-11-14-9-5-1-2-7-16(9)15-11/h1-2,5,7-8H,3-4,6H2,(H,12,17)(H,13,15). The highest BCUT2D eigenvalue weighted by molar-refractivity contribution is 5.84. The Hall–Kier alpha value is -2.11. The van der Waals surface area contributed by atoms with E-state index in [0.717, 1.165) is 25.0 Å². The van der Waals surface area contributed by atoms with Gasteiger partial charge in [-0.2, -0.15) is 4.98 Å². The lowest BCUT2D eigenvalue weighted by molar-refractivity contribution is -0.123. The number of rotatable bonds is 2. The molecule has 3 heterocycles. The van der Waals surface area contributed by atoms with E-state index in [9.17, 15) is 4.79 Å². The van der Waals surface area contributed by atoms with E-state index >= 15 is 0 Å². The maximum atomic E-state index is 11.6. The number of amides is 1. The summed E-state index contributed by atoms with van der Waals surface area (Å²) in [6.07, 6.45) is 3.63. The maximum absolute atomic E-state index is 11.6. The molecule has 0 aromatic carbocycles. The Kier molecular flexibility index (Phi) is 2.40. The van der Waals surface area contributed by atoms with Crippen LogP contribution in [0.25, 0.3) is 5.65 Å². The molecule has 0 radical (unpaired) electrons. The molecule has 2 aromatic rings. The summed E-state index contributed by atoms with van der Waals surface area (Å²) in [4.78, 5) is 15.9. The van der Waals surface area contributed by atoms with Crippen molar-refractivity contribution in [3.63, 3.8) is 0 Å². The molecule has 0 bridgehead atoms. The Morgan fingerprint density at radius 3 is 3.24 bits per heavy atom. The number of fused-ring (bicyclic) bond motifs is 1. The van der Waals surface area contributed by atoms with E-state index in [2.05, 4.69) is 20.7 Å². The maximum Gasteiger partial charge on any atom is 0.243 e. The highest BCUT2D eigenvalue weighted by Crippen LogP contribution is 2.10. The van der Waals surface area contributed by atoms with Crippen LogP contribution in [0.2, 0.25) is 0 Å². The molecule has 6 heteroatoms. The molecule has 1 unspecified atom stereocenters. The van der Waals surface area contributed by atoms with Crippen molar-refractivity contribution in [1.82, 2.24) is 19.9 Å². The molecule has 1 saturated heterocycles. The van der Waals surface area contributed by atoms with Gasteiger partial charge in [0.25, 0.3) is 0 Å². The predicted octanol–water partition coefficient (Wildman–Crippen LogP) is 0.420. The molecule has 17 heavy (non-hydrogen) atoms. The molecule has 3 rings (SSSR count). The highest BCUT2D eigenvalue weighted by Gasteiger charge is 2.22. The summed E-state index contributed by atoms with van der Waals surface area (Å²) in [6, 6.07) is 5.44. The number of carbonyl (C=O) groups is 1. The largest absolute Gasteiger partial charge is 0.354 e. The molecule has 1 amide bonds. The first-order valence-electron chi connectivity index (χ1n) is 5.68. The number of hydrogen-bond acceptors (Lipinski definition) is 4. The van der Waals surface area contributed by atoms with E-state index < -0.39 is 0 Å². The van der Waals surface area contributed by atoms with E-state index in [0.29, 0.717) is 5.95 Å². The van der Waals surface area contributed by atoms with Crippen molar-refractivity contribution in [1.29, 1.82) is 0 Å². The monoisotopic (exact) mass is 231 g/mol. The molecule has 0 spiro atoms. The third-order valence-corrected chi connectivity index (χ3v) is 2.83. The minimum absolute atomic E-state index is 0.0232. The summed E-state index contributed by atoms with van der Waals surface area (Å²) in [5.41, 5.74) is 0.770. The summed E-state index contributed by atoms with van der Waals surface area (Å²) < 4.78 is 1.68. The fourth-order valence-electron chi connectivity index (χ4n) is 1.96. The molecule has 0 saturated carbocycles. The van der Waals surface area contributed by atoms with Gasteiger partial charge in [-0.3, -0.25) is 4.79 Å². The third-order valence-electron chi connectivity index (χ3n) is 2.83. The zero-order valence-corrected chi connectivity index (χ0v) is 9.26. The van der Waals surface area contributed by atoms with Crippen molar-refractivity contribution in [2.24, 2.45) is 0 Å². The number of nitrogens with zero attached hydrogens (tertiary/aromatic N) is 3. The Morgan fingerprint density at radius 2 is 2.41 bits per heavy atom. The van der Waals surface area contributed by atoms with E-state index in [4.69, 9.17) is 0 Å². The summed E-state index contributed by atoms with van der Waals surface area (Å²) in [5.74, 6) is 0.522. The summed E-state index contributed by atoms with van der Waals surface area (Å²) in [7, 11) is 0. The van der Waals surface area contributed by atoms with E-state index in [1.807, 2.05) is 24.4 Å². The quantitative estimate of drug-likeness (QED) is 0.785. The molecule has 88 valence electrons. The molecule has 1 atom stereocenters. The van der Waals surface area contributed by atoms with Gasteiger partial charge >= 0.3 is 0 Å². The van der Waals surface area contributed by atoms with Gasteiger partial charge in [0.1, 0.15) is 6.04 Å². The van der Waals surface area contributed by atoms with Crippen LogP contribution >= 0.6 is 0 Å². The van der Waals surface area contributed by atoms with Gasteiger partial charge in [-0.1, -0.05) is 6.07 Å². The average molecular weight is 231 g/mol. The number of carbonyl (C=O) groups excluding carboxylic acids is 1. The van der Waals surface area contributed by atoms with Crippen LogP contribution in [0.15, 0.2) is 24.4 Å². The molecule has 1 aliphatic rings. The number of anilines is 1. The SMILES string of the molecule is O=C1NCCCC1Nc1nc2ccccn2n1. The molecule has 2 N–H and O–H groups in total. The van der Waals surface area contributed by atoms with Crippen molar-refractivity contribution in [3.05, 3.63) is 24.4 Å². The van der Waals surface area contributed by atoms with E-state index in [1.54, 1.807) is 4.52 Å². The Morgan fingerprint density at radius 1 is 1.47 bits per heavy atom. The minimum Gasteiger partial charge on any atom is -0.354 e. The van der Waals surface area contributed by atoms with Gasteiger partial charge in [0, 0.05) is 12.7 Å². The fourth-order valence-corrected chi connectivity index (χ4v) is 1.96. The van der Waals surface area contributed by atoms with Crippen molar-refractivity contribution in [2.75, 3.05) is 11.9 Å². The first-order chi connectivity index (χ1) is 8.33. The van der Waals surface area contributed by atoms with Gasteiger partial charge in [-0.05, 0) is 25.0 Å². The lowest BCUT2D eigenvalue weighted by atomic mass is 10.1. The van der Waals surface area contributed by atoms with Gasteiger partial charge in [0.2, 0.25) is 11.9 Å². The number of piperidine rings is 1. The lowest BCUT2D eigenvalue weighted by Crippen LogP contribution is -2.44. The summed E-state index contributed by atoms with van der Waals surface area (Å²) in [6.45, 7) is 0.760. The first-order valence-corrected chi connectivity index (χ1v) is 5.68. The predicted molar refractivity (Wildman–Crippen MR) is 62.6 cm³/mol. The van der Waals surface area contributed by atoms with Gasteiger partial charge in [0.15, 0.2) is 5.65 Å². The molecule has 0 aliphatic carbocycles. The number of aromatic nitrogens is 3. The Balaban J connectivity index is 1.82. The zero-order chi connectivity index (χ0) is 11.7. The summed E-state index contributed by atoms with van der Waals surface area (Å²) in [5, 5.41) is 10.1. The smallest absolute Gasteiger partial charge is 0.243 e. The Bertz CT molecular complexity index is 517. The van der Waals surface area contributed by atoms with Crippen LogP contribution < -0.4 is 10.6 Å². The highest BCUT2D eigenvalue weighted by atomic mass is 16.2. The molecular weight excluding hydrogens is 218 g/mol. The fraction of sp³-hybridized carbons (Fsp3) is 0.364. The van der Waals surface area contributed by atoms with Crippen molar-refractivity contribution >= 4 is 17.5 Å². The first kappa shape index (κ1) is 10.1. The summed E-state index contributed by atoms with van der Waals surface area (Å²) >= 11 is 0. The van der Waals surface area contributed by atoms with Gasteiger partial charge in [-0.15, -0.1) is 5.10 Å². The topological polar surface area (TPSA) is 71.3 Å². The number of pyridine rings is 1. The molecule has 2 aromatic heterocycles. The van der Waals surface area contributed by atoms with E-state index in [1.165, 1.54) is 0 Å². The van der Waals surface area contributed by atoms with Crippen molar-refractivity contribution in [2.45, 2.75) is 18.9 Å². The van der Waals surface area contributed by atoms with Gasteiger partial charge in [-0.25, -0.2) is 4.52 Å². The Labute approximate surface area is 98.0 Å². The zero-order valence-electron chi connectivity index (χ0n) is 9.26. The van der Waals surface area contributed by atoms with Gasteiger partial charge in [0.05, 0.1) is 0 Å². The second-order valence-electron chi connectivity index (χ2n) is 4.07.